The van der Waals surface area contributed by atoms with Crippen LogP contribution in [0.25, 0.3) is 0 Å². The third-order valence-electron chi connectivity index (χ3n) is 4.50. The van der Waals surface area contributed by atoms with Gasteiger partial charge in [-0.05, 0) is 68.4 Å². The van der Waals surface area contributed by atoms with Gasteiger partial charge in [0.05, 0.1) is 6.61 Å². The zero-order chi connectivity index (χ0) is 19.3. The third kappa shape index (κ3) is 6.80. The first kappa shape index (κ1) is 24.0. The van der Waals surface area contributed by atoms with Gasteiger partial charge >= 0.3 is 0 Å². The van der Waals surface area contributed by atoms with Crippen LogP contribution in [0.3, 0.4) is 0 Å². The normalized spacial score (nSPS) is 11.5. The van der Waals surface area contributed by atoms with Gasteiger partial charge in [-0.3, -0.25) is 4.79 Å². The Morgan fingerprint density at radius 2 is 1.59 bits per heavy atom. The van der Waals surface area contributed by atoms with Crippen molar-refractivity contribution < 1.29 is 9.53 Å². The van der Waals surface area contributed by atoms with Crippen molar-refractivity contribution >= 4 is 38.3 Å². The molecule has 4 heteroatoms. The summed E-state index contributed by atoms with van der Waals surface area (Å²) in [6.07, 6.45) is 2.19. The fraction of sp³-hybridized carbons (Fsp3) is 0.435. The molecule has 0 aromatic heterocycles. The van der Waals surface area contributed by atoms with Crippen LogP contribution < -0.4 is 10.0 Å². The quantitative estimate of drug-likeness (QED) is 0.360. The van der Waals surface area contributed by atoms with Crippen molar-refractivity contribution in [2.45, 2.75) is 59.8 Å². The summed E-state index contributed by atoms with van der Waals surface area (Å²) < 4.78 is 5.69. The van der Waals surface area contributed by atoms with E-state index < -0.39 is 0 Å². The molecule has 0 bridgehead atoms. The Hall–Kier alpha value is -1.06. The molecule has 1 radical (unpaired) electrons. The van der Waals surface area contributed by atoms with Crippen molar-refractivity contribution in [2.75, 3.05) is 6.61 Å². The maximum absolute atomic E-state index is 12.9. The number of unbranched alkanes of at least 4 members (excludes halogenated alkanes) is 1. The van der Waals surface area contributed by atoms with E-state index >= 15 is 0 Å². The fourth-order valence-electron chi connectivity index (χ4n) is 2.92. The van der Waals surface area contributed by atoms with E-state index in [4.69, 9.17) is 4.74 Å². The van der Waals surface area contributed by atoms with E-state index in [0.29, 0.717) is 0 Å². The van der Waals surface area contributed by atoms with Gasteiger partial charge in [0.15, 0.2) is 5.52 Å². The first-order chi connectivity index (χ1) is 12.2. The minimum absolute atomic E-state index is 0. The van der Waals surface area contributed by atoms with E-state index in [0.717, 1.165) is 47.2 Å². The second-order valence-electron chi connectivity index (χ2n) is 7.92. The molecule has 1 unspecified atom stereocenters. The van der Waals surface area contributed by atoms with E-state index in [1.165, 1.54) is 5.56 Å². The molecule has 0 spiro atoms. The molecule has 2 aromatic rings. The summed E-state index contributed by atoms with van der Waals surface area (Å²) in [5, 5.41) is 1.05. The maximum Gasteiger partial charge on any atom is 0.186 e. The topological polar surface area (TPSA) is 26.3 Å². The minimum Gasteiger partial charge on any atom is -0.494 e. The first-order valence-corrected chi connectivity index (χ1v) is 10.4. The number of aryl methyl sites for hydroxylation is 2. The largest absolute Gasteiger partial charge is 0.494 e. The van der Waals surface area contributed by atoms with E-state index in [-0.39, 0.29) is 38.4 Å². The summed E-state index contributed by atoms with van der Waals surface area (Å²) in [7, 11) is 0.136. The molecule has 27 heavy (non-hydrogen) atoms. The Kier molecular flexibility index (Phi) is 9.30. The Morgan fingerprint density at radius 3 is 2.07 bits per heavy atom. The number of carbonyl (C=O) groups excluding carboxylic acids is 1. The van der Waals surface area contributed by atoms with Gasteiger partial charge in [-0.2, -0.15) is 0 Å². The average molecular weight is 377 g/mol. The van der Waals surface area contributed by atoms with Crippen LogP contribution in [-0.2, 0) is 5.41 Å². The van der Waals surface area contributed by atoms with Crippen molar-refractivity contribution in [3.63, 3.8) is 0 Å². The van der Waals surface area contributed by atoms with Crippen LogP contribution in [-0.4, -0.2) is 31.0 Å². The summed E-state index contributed by atoms with van der Waals surface area (Å²) in [5.74, 6) is 0.876. The molecule has 141 valence electrons. The predicted octanol–water partition coefficient (Wildman–Crippen LogP) is 5.54. The Labute approximate surface area is 178 Å². The van der Waals surface area contributed by atoms with Gasteiger partial charge in [0.2, 0.25) is 0 Å². The molecule has 0 aliphatic heterocycles. The molecule has 0 aliphatic carbocycles. The van der Waals surface area contributed by atoms with Gasteiger partial charge in [-0.1, -0.05) is 58.4 Å². The molecule has 0 saturated carbocycles. The van der Waals surface area contributed by atoms with Crippen molar-refractivity contribution in [1.29, 1.82) is 0 Å². The van der Waals surface area contributed by atoms with Gasteiger partial charge in [-0.15, -0.1) is 0 Å². The summed E-state index contributed by atoms with van der Waals surface area (Å²) >= 11 is 0. The molecule has 0 aliphatic rings. The molecular formula is C23H31LiO2P. The van der Waals surface area contributed by atoms with Crippen molar-refractivity contribution in [3.05, 3.63) is 58.7 Å². The molecule has 2 aromatic carbocycles. The molecule has 0 heterocycles. The van der Waals surface area contributed by atoms with Gasteiger partial charge < -0.3 is 4.74 Å². The number of benzene rings is 2. The van der Waals surface area contributed by atoms with Crippen LogP contribution in [0.1, 0.15) is 67.6 Å². The van der Waals surface area contributed by atoms with Crippen LogP contribution in [0.4, 0.5) is 0 Å². The van der Waals surface area contributed by atoms with Gasteiger partial charge in [-0.25, -0.2) is 0 Å². The molecule has 2 nitrogen and oxygen atoms in total. The number of carbonyl (C=O) groups is 1. The van der Waals surface area contributed by atoms with E-state index in [2.05, 4.69) is 39.8 Å². The summed E-state index contributed by atoms with van der Waals surface area (Å²) in [4.78, 5) is 12.9. The monoisotopic (exact) mass is 377 g/mol. The van der Waals surface area contributed by atoms with Crippen LogP contribution in [0.5, 0.6) is 5.75 Å². The maximum atomic E-state index is 12.9. The number of ether oxygens (including phenoxy) is 1. The summed E-state index contributed by atoms with van der Waals surface area (Å²) in [6.45, 7) is 13.6. The van der Waals surface area contributed by atoms with Crippen molar-refractivity contribution in [3.8, 4) is 5.75 Å². The Morgan fingerprint density at radius 1 is 1.04 bits per heavy atom. The molecule has 0 fully saturated rings. The molecule has 2 rings (SSSR count). The number of hydrogen-bond donors (Lipinski definition) is 0. The van der Waals surface area contributed by atoms with E-state index in [1.807, 2.05) is 38.1 Å². The fourth-order valence-corrected chi connectivity index (χ4v) is 4.03. The third-order valence-corrected chi connectivity index (χ3v) is 5.60. The second kappa shape index (κ2) is 10.5. The summed E-state index contributed by atoms with van der Waals surface area (Å²) in [5.41, 5.74) is 4.60. The summed E-state index contributed by atoms with van der Waals surface area (Å²) in [6, 6.07) is 12.3. The zero-order valence-electron chi connectivity index (χ0n) is 17.9. The molecular weight excluding hydrogens is 346 g/mol. The SMILES string of the molecule is CCCCOc1ccc(PC(=O)c2c(C)cc(C(C)(C)C)cc2C)cc1.[Li]. The van der Waals surface area contributed by atoms with Crippen LogP contribution in [0, 0.1) is 13.8 Å². The molecule has 0 N–H and O–H groups in total. The van der Waals surface area contributed by atoms with Gasteiger partial charge in [0, 0.05) is 24.4 Å². The second-order valence-corrected chi connectivity index (χ2v) is 9.20. The van der Waals surface area contributed by atoms with Crippen molar-refractivity contribution in [1.82, 2.24) is 0 Å². The van der Waals surface area contributed by atoms with Gasteiger partial charge in [0.1, 0.15) is 5.75 Å². The number of rotatable bonds is 7. The predicted molar refractivity (Wildman–Crippen MR) is 119 cm³/mol. The number of hydrogen-bond acceptors (Lipinski definition) is 2. The molecule has 1 atom stereocenters. The smallest absolute Gasteiger partial charge is 0.186 e. The average Bonchev–Trinajstić information content (AvgIpc) is 2.55. The van der Waals surface area contributed by atoms with E-state index in [9.17, 15) is 4.79 Å². The van der Waals surface area contributed by atoms with Crippen LogP contribution in [0.15, 0.2) is 36.4 Å². The minimum atomic E-state index is 0. The van der Waals surface area contributed by atoms with E-state index in [1.54, 1.807) is 0 Å². The zero-order valence-corrected chi connectivity index (χ0v) is 18.9. The van der Waals surface area contributed by atoms with Crippen molar-refractivity contribution in [2.24, 2.45) is 0 Å². The standard InChI is InChI=1S/C23H31O2P.Li/c1-7-8-13-25-19-9-11-20(12-10-19)26-22(24)21-16(2)14-18(15-17(21)3)23(4,5)6;/h9-12,14-15,26H,7-8,13H2,1-6H3;. The Balaban J connectivity index is 0.00000364. The Bertz CT molecular complexity index is 738. The van der Waals surface area contributed by atoms with Crippen LogP contribution in [0.2, 0.25) is 0 Å². The molecule has 0 amide bonds. The first-order valence-electron chi connectivity index (χ1n) is 9.38. The van der Waals surface area contributed by atoms with Gasteiger partial charge in [0.25, 0.3) is 0 Å². The molecule has 0 saturated heterocycles. The van der Waals surface area contributed by atoms with Crippen LogP contribution >= 0.6 is 8.58 Å².